The molecule has 7 nitrogen and oxygen atoms in total. The van der Waals surface area contributed by atoms with Gasteiger partial charge in [-0.3, -0.25) is 4.79 Å². The average Bonchev–Trinajstić information content (AvgIpc) is 3.29. The van der Waals surface area contributed by atoms with Crippen molar-refractivity contribution in [3.8, 4) is 0 Å². The number of amides is 1. The molecule has 1 fully saturated rings. The highest BCUT2D eigenvalue weighted by Crippen LogP contribution is 2.29. The van der Waals surface area contributed by atoms with E-state index in [0.717, 1.165) is 59.5 Å². The molecule has 1 aromatic carbocycles. The lowest BCUT2D eigenvalue weighted by molar-refractivity contribution is -0.122. The van der Waals surface area contributed by atoms with Crippen LogP contribution in [0.5, 0.6) is 0 Å². The van der Waals surface area contributed by atoms with Gasteiger partial charge in [-0.15, -0.1) is 0 Å². The second-order valence-electron chi connectivity index (χ2n) is 6.91. The first kappa shape index (κ1) is 17.5. The van der Waals surface area contributed by atoms with E-state index in [4.69, 9.17) is 4.52 Å². The molecule has 4 rings (SSSR count). The molecular weight excluding hydrogens is 342 g/mol. The smallest absolute Gasteiger partial charge is 0.242 e. The van der Waals surface area contributed by atoms with E-state index in [0.29, 0.717) is 6.54 Å². The molecule has 0 spiro atoms. The molecule has 0 unspecified atom stereocenters. The maximum Gasteiger partial charge on any atom is 0.242 e. The van der Waals surface area contributed by atoms with Crippen LogP contribution >= 0.6 is 0 Å². The van der Waals surface area contributed by atoms with Gasteiger partial charge in [0.15, 0.2) is 0 Å². The summed E-state index contributed by atoms with van der Waals surface area (Å²) >= 11 is 0. The Morgan fingerprint density at radius 2 is 2.15 bits per heavy atom. The number of rotatable bonds is 5. The number of anilines is 1. The largest absolute Gasteiger partial charge is 0.361 e. The highest BCUT2D eigenvalue weighted by molar-refractivity contribution is 5.93. The summed E-state index contributed by atoms with van der Waals surface area (Å²) in [6.07, 6.45) is 4.09. The molecule has 0 radical (unpaired) electrons. The van der Waals surface area contributed by atoms with Crippen LogP contribution < -0.4 is 10.2 Å². The van der Waals surface area contributed by atoms with Gasteiger partial charge in [0.1, 0.15) is 23.9 Å². The number of hydrogen-bond acceptors (Lipinski definition) is 6. The molecule has 3 heterocycles. The van der Waals surface area contributed by atoms with Gasteiger partial charge in [0, 0.05) is 24.0 Å². The number of fused-ring (bicyclic) bond motifs is 1. The van der Waals surface area contributed by atoms with Gasteiger partial charge in [-0.2, -0.15) is 0 Å². The number of hydrogen-bond donors (Lipinski definition) is 1. The molecule has 0 aliphatic carbocycles. The van der Waals surface area contributed by atoms with Gasteiger partial charge in [0.2, 0.25) is 5.91 Å². The summed E-state index contributed by atoms with van der Waals surface area (Å²) in [7, 11) is 0. The van der Waals surface area contributed by atoms with Crippen LogP contribution in [0.2, 0.25) is 0 Å². The third kappa shape index (κ3) is 3.37. The summed E-state index contributed by atoms with van der Waals surface area (Å²) in [6, 6.07) is 7.71. The van der Waals surface area contributed by atoms with Crippen LogP contribution in [0, 0.1) is 13.8 Å². The van der Waals surface area contributed by atoms with Crippen LogP contribution in [0.25, 0.3) is 10.9 Å². The molecular formula is C20H23N5O2. The first-order valence-corrected chi connectivity index (χ1v) is 9.31. The maximum atomic E-state index is 12.8. The van der Waals surface area contributed by atoms with Crippen molar-refractivity contribution in [2.45, 2.75) is 39.2 Å². The fourth-order valence-electron chi connectivity index (χ4n) is 3.80. The quantitative estimate of drug-likeness (QED) is 0.748. The monoisotopic (exact) mass is 365 g/mol. The third-order valence-corrected chi connectivity index (χ3v) is 5.20. The molecule has 1 aliphatic heterocycles. The number of benzene rings is 1. The minimum Gasteiger partial charge on any atom is -0.361 e. The van der Waals surface area contributed by atoms with Crippen LogP contribution in [0.15, 0.2) is 35.1 Å². The number of nitrogens with zero attached hydrogens (tertiary/aromatic N) is 4. The van der Waals surface area contributed by atoms with E-state index < -0.39 is 0 Å². The van der Waals surface area contributed by atoms with E-state index in [2.05, 4.69) is 25.3 Å². The molecule has 27 heavy (non-hydrogen) atoms. The zero-order chi connectivity index (χ0) is 18.8. The predicted molar refractivity (Wildman–Crippen MR) is 103 cm³/mol. The van der Waals surface area contributed by atoms with Crippen LogP contribution in [0.3, 0.4) is 0 Å². The number of carbonyl (C=O) groups excluding carboxylic acids is 1. The molecule has 140 valence electrons. The highest BCUT2D eigenvalue weighted by atomic mass is 16.5. The van der Waals surface area contributed by atoms with Crippen LogP contribution in [-0.2, 0) is 11.2 Å². The number of nitrogens with one attached hydrogen (secondary N) is 1. The molecule has 1 N–H and O–H groups in total. The Bertz CT molecular complexity index is 943. The zero-order valence-corrected chi connectivity index (χ0v) is 15.6. The van der Waals surface area contributed by atoms with Crippen molar-refractivity contribution >= 4 is 22.6 Å². The van der Waals surface area contributed by atoms with Crippen molar-refractivity contribution in [3.63, 3.8) is 0 Å². The summed E-state index contributed by atoms with van der Waals surface area (Å²) in [6.45, 7) is 5.21. The Hall–Kier alpha value is -2.96. The third-order valence-electron chi connectivity index (χ3n) is 5.20. The zero-order valence-electron chi connectivity index (χ0n) is 15.6. The average molecular weight is 365 g/mol. The SMILES string of the molecule is Cc1noc(C)c1CCNC(=O)[C@H]1CCCN1c1ncnc2ccccc12. The summed E-state index contributed by atoms with van der Waals surface area (Å²) in [5, 5.41) is 8.02. The van der Waals surface area contributed by atoms with Crippen molar-refractivity contribution < 1.29 is 9.32 Å². The topological polar surface area (TPSA) is 84.2 Å². The van der Waals surface area contributed by atoms with Crippen molar-refractivity contribution in [1.29, 1.82) is 0 Å². The number of aromatic nitrogens is 3. The van der Waals surface area contributed by atoms with Gasteiger partial charge in [-0.1, -0.05) is 17.3 Å². The first-order chi connectivity index (χ1) is 13.1. The van der Waals surface area contributed by atoms with Crippen LogP contribution in [-0.4, -0.2) is 40.2 Å². The minimum atomic E-state index is -0.201. The van der Waals surface area contributed by atoms with E-state index in [1.807, 2.05) is 38.1 Å². The Kier molecular flexibility index (Phi) is 4.75. The van der Waals surface area contributed by atoms with Gasteiger partial charge in [0.25, 0.3) is 0 Å². The number of carbonyl (C=O) groups is 1. The Morgan fingerprint density at radius 1 is 1.30 bits per heavy atom. The van der Waals surface area contributed by atoms with Crippen molar-refractivity contribution in [1.82, 2.24) is 20.4 Å². The van der Waals surface area contributed by atoms with E-state index in [1.165, 1.54) is 0 Å². The van der Waals surface area contributed by atoms with Gasteiger partial charge in [0.05, 0.1) is 11.2 Å². The van der Waals surface area contributed by atoms with Crippen LogP contribution in [0.4, 0.5) is 5.82 Å². The Morgan fingerprint density at radius 3 is 2.96 bits per heavy atom. The molecule has 2 aromatic heterocycles. The lowest BCUT2D eigenvalue weighted by Crippen LogP contribution is -2.44. The Balaban J connectivity index is 1.47. The van der Waals surface area contributed by atoms with Crippen molar-refractivity contribution in [2.24, 2.45) is 0 Å². The molecule has 1 aliphatic rings. The van der Waals surface area contributed by atoms with Gasteiger partial charge >= 0.3 is 0 Å². The van der Waals surface area contributed by atoms with E-state index in [1.54, 1.807) is 6.33 Å². The maximum absolute atomic E-state index is 12.8. The van der Waals surface area contributed by atoms with E-state index >= 15 is 0 Å². The highest BCUT2D eigenvalue weighted by Gasteiger charge is 2.32. The standard InChI is InChI=1S/C20H23N5O2/c1-13-15(14(2)27-24-13)9-10-21-20(26)18-8-5-11-25(18)19-16-6-3-4-7-17(16)22-12-23-19/h3-4,6-7,12,18H,5,8-11H2,1-2H3,(H,21,26)/t18-/m1/s1. The Labute approximate surface area is 157 Å². The van der Waals surface area contributed by atoms with Gasteiger partial charge in [-0.05, 0) is 45.2 Å². The van der Waals surface area contributed by atoms with Crippen LogP contribution in [0.1, 0.15) is 29.9 Å². The fourth-order valence-corrected chi connectivity index (χ4v) is 3.80. The molecule has 1 saturated heterocycles. The van der Waals surface area contributed by atoms with Gasteiger partial charge in [-0.25, -0.2) is 9.97 Å². The number of aryl methyl sites for hydroxylation is 2. The molecule has 0 bridgehead atoms. The van der Waals surface area contributed by atoms with E-state index in [9.17, 15) is 4.79 Å². The second kappa shape index (κ2) is 7.34. The molecule has 0 saturated carbocycles. The summed E-state index contributed by atoms with van der Waals surface area (Å²) in [5.74, 6) is 1.70. The molecule has 7 heteroatoms. The molecule has 1 atom stereocenters. The lowest BCUT2D eigenvalue weighted by Gasteiger charge is -2.25. The minimum absolute atomic E-state index is 0.0435. The molecule has 1 amide bonds. The van der Waals surface area contributed by atoms with Crippen molar-refractivity contribution in [2.75, 3.05) is 18.0 Å². The summed E-state index contributed by atoms with van der Waals surface area (Å²) < 4.78 is 5.18. The normalized spacial score (nSPS) is 16.8. The summed E-state index contributed by atoms with van der Waals surface area (Å²) in [5.41, 5.74) is 2.85. The summed E-state index contributed by atoms with van der Waals surface area (Å²) in [4.78, 5) is 23.7. The lowest BCUT2D eigenvalue weighted by atomic mass is 10.1. The predicted octanol–water partition coefficient (Wildman–Crippen LogP) is 2.56. The first-order valence-electron chi connectivity index (χ1n) is 9.31. The van der Waals surface area contributed by atoms with Crippen molar-refractivity contribution in [3.05, 3.63) is 47.6 Å². The fraction of sp³-hybridized carbons (Fsp3) is 0.400. The van der Waals surface area contributed by atoms with Gasteiger partial charge < -0.3 is 14.7 Å². The van der Waals surface area contributed by atoms with E-state index in [-0.39, 0.29) is 11.9 Å². The number of para-hydroxylation sites is 1. The molecule has 3 aromatic rings. The second-order valence-corrected chi connectivity index (χ2v) is 6.91.